The van der Waals surface area contributed by atoms with E-state index < -0.39 is 0 Å². The van der Waals surface area contributed by atoms with Crippen molar-refractivity contribution in [2.75, 3.05) is 20.8 Å². The van der Waals surface area contributed by atoms with Gasteiger partial charge in [0, 0.05) is 25.1 Å². The summed E-state index contributed by atoms with van der Waals surface area (Å²) in [5.41, 5.74) is -0.167. The lowest BCUT2D eigenvalue weighted by molar-refractivity contribution is 0.00357. The van der Waals surface area contributed by atoms with E-state index in [0.717, 1.165) is 10.4 Å². The van der Waals surface area contributed by atoms with Crippen molar-refractivity contribution < 1.29 is 9.47 Å². The minimum atomic E-state index is -0.330. The van der Waals surface area contributed by atoms with E-state index in [2.05, 4.69) is 10.1 Å². The molecule has 0 unspecified atom stereocenters. The lowest BCUT2D eigenvalue weighted by Crippen LogP contribution is -2.47. The Hall–Kier alpha value is -2.50. The molecule has 3 aromatic rings. The van der Waals surface area contributed by atoms with Gasteiger partial charge in [0.25, 0.3) is 5.56 Å². The van der Waals surface area contributed by atoms with Crippen LogP contribution in [0.4, 0.5) is 0 Å². The van der Waals surface area contributed by atoms with E-state index in [1.807, 2.05) is 6.92 Å². The molecule has 10 nitrogen and oxygen atoms in total. The highest BCUT2D eigenvalue weighted by atomic mass is 32.1. The fourth-order valence-electron chi connectivity index (χ4n) is 3.73. The van der Waals surface area contributed by atoms with E-state index >= 15 is 0 Å². The summed E-state index contributed by atoms with van der Waals surface area (Å²) in [6.07, 6.45) is 2.68. The number of ether oxygens (including phenoxy) is 2. The lowest BCUT2D eigenvalue weighted by Gasteiger charge is -2.35. The van der Waals surface area contributed by atoms with Crippen molar-refractivity contribution >= 4 is 21.6 Å². The van der Waals surface area contributed by atoms with Crippen molar-refractivity contribution in [3.63, 3.8) is 0 Å². The van der Waals surface area contributed by atoms with Crippen LogP contribution >= 0.6 is 11.3 Å². The summed E-state index contributed by atoms with van der Waals surface area (Å²) in [6.45, 7) is 2.78. The zero-order chi connectivity index (χ0) is 20.7. The molecule has 0 spiro atoms. The molecule has 3 heterocycles. The molecule has 29 heavy (non-hydrogen) atoms. The van der Waals surface area contributed by atoms with Crippen LogP contribution in [-0.2, 0) is 22.6 Å². The number of hydrogen-bond donors (Lipinski definition) is 1. The van der Waals surface area contributed by atoms with E-state index in [-0.39, 0.29) is 35.6 Å². The Bertz CT molecular complexity index is 1210. The maximum absolute atomic E-state index is 13.3. The molecule has 4 rings (SSSR count). The summed E-state index contributed by atoms with van der Waals surface area (Å²) >= 11 is 1.34. The van der Waals surface area contributed by atoms with Crippen LogP contribution in [0.2, 0.25) is 0 Å². The zero-order valence-electron chi connectivity index (χ0n) is 16.5. The number of aromatic amines is 1. The van der Waals surface area contributed by atoms with Gasteiger partial charge in [0.05, 0.1) is 31.2 Å². The summed E-state index contributed by atoms with van der Waals surface area (Å²) < 4.78 is 14.7. The summed E-state index contributed by atoms with van der Waals surface area (Å²) in [6, 6.07) is -0.171. The van der Waals surface area contributed by atoms with Gasteiger partial charge >= 0.3 is 11.4 Å². The highest BCUT2D eigenvalue weighted by molar-refractivity contribution is 7.18. The number of nitrogens with zero attached hydrogens (tertiary/aromatic N) is 4. The second-order valence-corrected chi connectivity index (χ2v) is 8.25. The van der Waals surface area contributed by atoms with Crippen LogP contribution < -0.4 is 16.9 Å². The first kappa shape index (κ1) is 19.8. The molecule has 156 valence electrons. The topological polar surface area (TPSA) is 113 Å². The number of rotatable bonds is 7. The largest absolute Gasteiger partial charge is 0.383 e. The Labute approximate surface area is 169 Å². The molecule has 11 heteroatoms. The van der Waals surface area contributed by atoms with Gasteiger partial charge in [0.1, 0.15) is 11.2 Å². The minimum absolute atomic E-state index is 0.0695. The maximum atomic E-state index is 13.3. The molecule has 1 saturated carbocycles. The van der Waals surface area contributed by atoms with Crippen LogP contribution in [0, 0.1) is 6.92 Å². The Balaban J connectivity index is 1.89. The number of aromatic nitrogens is 5. The summed E-state index contributed by atoms with van der Waals surface area (Å²) in [7, 11) is 3.21. The number of nitrogens with one attached hydrogen (secondary N) is 1. The Morgan fingerprint density at radius 1 is 1.28 bits per heavy atom. The predicted octanol–water partition coefficient (Wildman–Crippen LogP) is 0.463. The van der Waals surface area contributed by atoms with Crippen LogP contribution in [-0.4, -0.2) is 50.8 Å². The second-order valence-electron chi connectivity index (χ2n) is 7.17. The average molecular weight is 421 g/mol. The van der Waals surface area contributed by atoms with Gasteiger partial charge < -0.3 is 9.47 Å². The fourth-order valence-corrected chi connectivity index (χ4v) is 5.03. The normalized spacial score (nSPS) is 19.0. The summed E-state index contributed by atoms with van der Waals surface area (Å²) in [4.78, 5) is 42.2. The SMILES string of the molecule is COCCn1c(=O)n([C@H]2C[C@H](OC)C2)c(=O)c2c(C)c(Cn3nc[nH]c3=O)sc21. The molecule has 0 atom stereocenters. The number of H-pyrrole nitrogens is 1. The number of thiophene rings is 1. The quantitative estimate of drug-likeness (QED) is 0.593. The molecule has 0 radical (unpaired) electrons. The smallest absolute Gasteiger partial charge is 0.343 e. The maximum Gasteiger partial charge on any atom is 0.343 e. The molecule has 1 aliphatic carbocycles. The van der Waals surface area contributed by atoms with Gasteiger partial charge in [-0.3, -0.25) is 18.9 Å². The van der Waals surface area contributed by atoms with Crippen LogP contribution in [0.5, 0.6) is 0 Å². The average Bonchev–Trinajstić information content (AvgIpc) is 3.21. The van der Waals surface area contributed by atoms with Gasteiger partial charge in [-0.15, -0.1) is 11.3 Å². The number of fused-ring (bicyclic) bond motifs is 1. The standard InChI is InChI=1S/C18H23N5O5S/c1-10-13(8-22-17(25)19-9-20-22)29-16-14(10)15(24)23(11-6-12(7-11)28-3)18(26)21(16)4-5-27-2/h9,11-12H,4-8H2,1-3H3,(H,19,20,25)/t11-,12-. The van der Waals surface area contributed by atoms with E-state index in [1.165, 1.54) is 26.9 Å². The van der Waals surface area contributed by atoms with Crippen LogP contribution in [0.25, 0.3) is 10.2 Å². The monoisotopic (exact) mass is 421 g/mol. The minimum Gasteiger partial charge on any atom is -0.383 e. The first-order valence-electron chi connectivity index (χ1n) is 9.35. The van der Waals surface area contributed by atoms with Gasteiger partial charge in [-0.25, -0.2) is 14.3 Å². The molecule has 0 saturated heterocycles. The Morgan fingerprint density at radius 3 is 2.66 bits per heavy atom. The predicted molar refractivity (Wildman–Crippen MR) is 108 cm³/mol. The molecule has 1 N–H and O–H groups in total. The van der Waals surface area contributed by atoms with Gasteiger partial charge in [0.2, 0.25) is 0 Å². The summed E-state index contributed by atoms with van der Waals surface area (Å²) in [5.74, 6) is 0. The second kappa shape index (κ2) is 7.73. The first-order valence-corrected chi connectivity index (χ1v) is 10.2. The van der Waals surface area contributed by atoms with Crippen molar-refractivity contribution in [3.8, 4) is 0 Å². The lowest BCUT2D eigenvalue weighted by atomic mass is 9.89. The molecular formula is C18H23N5O5S. The molecule has 3 aromatic heterocycles. The number of hydrogen-bond acceptors (Lipinski definition) is 7. The molecule has 0 aliphatic heterocycles. The Kier molecular flexibility index (Phi) is 5.28. The molecule has 0 aromatic carbocycles. The fraction of sp³-hybridized carbons (Fsp3) is 0.556. The van der Waals surface area contributed by atoms with Crippen molar-refractivity contribution in [2.24, 2.45) is 0 Å². The molecule has 0 bridgehead atoms. The van der Waals surface area contributed by atoms with Gasteiger partial charge in [-0.05, 0) is 25.3 Å². The molecular weight excluding hydrogens is 398 g/mol. The number of aryl methyl sites for hydroxylation is 1. The van der Waals surface area contributed by atoms with Crippen molar-refractivity contribution in [1.82, 2.24) is 23.9 Å². The first-order chi connectivity index (χ1) is 14.0. The highest BCUT2D eigenvalue weighted by Crippen LogP contribution is 2.34. The third-order valence-electron chi connectivity index (χ3n) is 5.54. The zero-order valence-corrected chi connectivity index (χ0v) is 17.3. The third-order valence-corrected chi connectivity index (χ3v) is 6.84. The highest BCUT2D eigenvalue weighted by Gasteiger charge is 2.34. The molecule has 0 amide bonds. The van der Waals surface area contributed by atoms with E-state index in [0.29, 0.717) is 36.2 Å². The Morgan fingerprint density at radius 2 is 2.03 bits per heavy atom. The van der Waals surface area contributed by atoms with Crippen LogP contribution in [0.1, 0.15) is 29.3 Å². The third kappa shape index (κ3) is 3.28. The van der Waals surface area contributed by atoms with Crippen molar-refractivity contribution in [2.45, 2.75) is 45.0 Å². The van der Waals surface area contributed by atoms with Gasteiger partial charge in [-0.1, -0.05) is 0 Å². The number of methoxy groups -OCH3 is 2. The van der Waals surface area contributed by atoms with E-state index in [4.69, 9.17) is 9.47 Å². The van der Waals surface area contributed by atoms with Crippen molar-refractivity contribution in [1.29, 1.82) is 0 Å². The van der Waals surface area contributed by atoms with Gasteiger partial charge in [-0.2, -0.15) is 5.10 Å². The molecule has 1 fully saturated rings. The van der Waals surface area contributed by atoms with E-state index in [9.17, 15) is 14.4 Å². The molecule has 1 aliphatic rings. The van der Waals surface area contributed by atoms with Gasteiger partial charge in [0.15, 0.2) is 0 Å². The van der Waals surface area contributed by atoms with E-state index in [1.54, 1.807) is 18.8 Å². The van der Waals surface area contributed by atoms with Crippen LogP contribution in [0.3, 0.4) is 0 Å². The van der Waals surface area contributed by atoms with Crippen molar-refractivity contribution in [3.05, 3.63) is 48.1 Å². The summed E-state index contributed by atoms with van der Waals surface area (Å²) in [5, 5.41) is 4.51. The van der Waals surface area contributed by atoms with Crippen LogP contribution in [0.15, 0.2) is 20.7 Å².